The molecule has 1 saturated carbocycles. The van der Waals surface area contributed by atoms with Crippen LogP contribution in [-0.2, 0) is 0 Å². The first-order chi connectivity index (χ1) is 6.77. The van der Waals surface area contributed by atoms with E-state index in [4.69, 9.17) is 21.8 Å². The monoisotopic (exact) mass is 213 g/mol. The van der Waals surface area contributed by atoms with Gasteiger partial charge in [0.25, 0.3) is 0 Å². The van der Waals surface area contributed by atoms with Gasteiger partial charge in [0.2, 0.25) is 0 Å². The quantitative estimate of drug-likeness (QED) is 0.817. The fourth-order valence-corrected chi connectivity index (χ4v) is 2.39. The van der Waals surface area contributed by atoms with E-state index in [0.29, 0.717) is 11.1 Å². The predicted octanol–water partition coefficient (Wildman–Crippen LogP) is 3.51. The molecule has 2 N–H and O–H groups in total. The molecule has 0 bridgehead atoms. The molecule has 1 aliphatic carbocycles. The first-order valence-electron chi connectivity index (χ1n) is 5.28. The second-order valence-corrected chi connectivity index (χ2v) is 4.44. The Bertz CT molecular complexity index is 291. The summed E-state index contributed by atoms with van der Waals surface area (Å²) in [6, 6.07) is 3.68. The lowest BCUT2D eigenvalue weighted by molar-refractivity contribution is 0.281. The van der Waals surface area contributed by atoms with E-state index in [2.05, 4.69) is 0 Å². The van der Waals surface area contributed by atoms with Gasteiger partial charge in [-0.3, -0.25) is 0 Å². The third-order valence-electron chi connectivity index (χ3n) is 3.08. The highest BCUT2D eigenvalue weighted by Gasteiger charge is 2.23. The van der Waals surface area contributed by atoms with Crippen molar-refractivity contribution in [1.82, 2.24) is 0 Å². The van der Waals surface area contributed by atoms with Crippen molar-refractivity contribution in [3.63, 3.8) is 0 Å². The van der Waals surface area contributed by atoms with Gasteiger partial charge in [-0.25, -0.2) is 0 Å². The maximum absolute atomic E-state index is 6.13. The number of furan rings is 1. The van der Waals surface area contributed by atoms with Gasteiger partial charge in [-0.2, -0.15) is 0 Å². The molecule has 14 heavy (non-hydrogen) atoms. The Hall–Kier alpha value is -0.470. The summed E-state index contributed by atoms with van der Waals surface area (Å²) < 4.78 is 5.34. The summed E-state index contributed by atoms with van der Waals surface area (Å²) >= 11 is 5.72. The Morgan fingerprint density at radius 1 is 1.29 bits per heavy atom. The third kappa shape index (κ3) is 2.12. The van der Waals surface area contributed by atoms with Crippen LogP contribution in [-0.4, -0.2) is 0 Å². The van der Waals surface area contributed by atoms with Crippen molar-refractivity contribution in [2.75, 3.05) is 0 Å². The normalized spacial score (nSPS) is 21.0. The number of nitrogens with two attached hydrogens (primary N) is 1. The molecule has 0 spiro atoms. The summed E-state index contributed by atoms with van der Waals surface area (Å²) in [5, 5.41) is 0.436. The lowest BCUT2D eigenvalue weighted by Crippen LogP contribution is -2.22. The molecule has 1 atom stereocenters. The van der Waals surface area contributed by atoms with E-state index in [1.165, 1.54) is 32.1 Å². The van der Waals surface area contributed by atoms with Crippen LogP contribution in [0.1, 0.15) is 43.9 Å². The minimum atomic E-state index is 0.0304. The average Bonchev–Trinajstić information content (AvgIpc) is 2.65. The third-order valence-corrected chi connectivity index (χ3v) is 3.28. The van der Waals surface area contributed by atoms with Crippen molar-refractivity contribution >= 4 is 11.6 Å². The molecule has 1 aliphatic rings. The largest absolute Gasteiger partial charge is 0.448 e. The maximum Gasteiger partial charge on any atom is 0.193 e. The fraction of sp³-hybridized carbons (Fsp3) is 0.636. The van der Waals surface area contributed by atoms with Crippen LogP contribution in [0.5, 0.6) is 0 Å². The van der Waals surface area contributed by atoms with Crippen molar-refractivity contribution in [3.05, 3.63) is 23.1 Å². The smallest absolute Gasteiger partial charge is 0.193 e. The summed E-state index contributed by atoms with van der Waals surface area (Å²) in [5.41, 5.74) is 6.13. The summed E-state index contributed by atoms with van der Waals surface area (Å²) in [4.78, 5) is 0. The fourth-order valence-electron chi connectivity index (χ4n) is 2.23. The Balaban J connectivity index is 2.03. The molecular weight excluding hydrogens is 198 g/mol. The van der Waals surface area contributed by atoms with E-state index in [-0.39, 0.29) is 6.04 Å². The number of hydrogen-bond donors (Lipinski definition) is 1. The minimum Gasteiger partial charge on any atom is -0.448 e. The van der Waals surface area contributed by atoms with Gasteiger partial charge in [0.15, 0.2) is 5.22 Å². The predicted molar refractivity (Wildman–Crippen MR) is 57.2 cm³/mol. The molecule has 2 rings (SSSR count). The average molecular weight is 214 g/mol. The van der Waals surface area contributed by atoms with Gasteiger partial charge in [0, 0.05) is 0 Å². The zero-order valence-electron chi connectivity index (χ0n) is 8.21. The highest BCUT2D eigenvalue weighted by atomic mass is 35.5. The van der Waals surface area contributed by atoms with Crippen LogP contribution in [0.4, 0.5) is 0 Å². The van der Waals surface area contributed by atoms with E-state index >= 15 is 0 Å². The molecular formula is C11H16ClNO. The molecule has 2 nitrogen and oxygen atoms in total. The molecule has 3 heteroatoms. The molecule has 0 aliphatic heterocycles. The van der Waals surface area contributed by atoms with Gasteiger partial charge in [-0.05, 0) is 42.5 Å². The van der Waals surface area contributed by atoms with Crippen molar-refractivity contribution in [2.24, 2.45) is 11.7 Å². The molecule has 0 amide bonds. The Morgan fingerprint density at radius 2 is 2.00 bits per heavy atom. The van der Waals surface area contributed by atoms with Crippen molar-refractivity contribution in [3.8, 4) is 0 Å². The Morgan fingerprint density at radius 3 is 2.57 bits per heavy atom. The summed E-state index contributed by atoms with van der Waals surface area (Å²) in [6.45, 7) is 0. The number of rotatable bonds is 2. The first-order valence-corrected chi connectivity index (χ1v) is 5.66. The Labute approximate surface area is 89.4 Å². The van der Waals surface area contributed by atoms with Crippen LogP contribution in [0.25, 0.3) is 0 Å². The second kappa shape index (κ2) is 4.37. The van der Waals surface area contributed by atoms with E-state index in [9.17, 15) is 0 Å². The van der Waals surface area contributed by atoms with Crippen LogP contribution in [0, 0.1) is 5.92 Å². The summed E-state index contributed by atoms with van der Waals surface area (Å²) in [5.74, 6) is 1.41. The molecule has 1 heterocycles. The molecule has 1 fully saturated rings. The van der Waals surface area contributed by atoms with E-state index in [1.807, 2.05) is 6.07 Å². The van der Waals surface area contributed by atoms with Crippen molar-refractivity contribution in [2.45, 2.75) is 38.1 Å². The maximum atomic E-state index is 6.13. The van der Waals surface area contributed by atoms with Crippen LogP contribution in [0.2, 0.25) is 5.22 Å². The molecule has 0 radical (unpaired) electrons. The summed E-state index contributed by atoms with van der Waals surface area (Å²) in [7, 11) is 0. The zero-order valence-corrected chi connectivity index (χ0v) is 8.96. The highest BCUT2D eigenvalue weighted by Crippen LogP contribution is 2.33. The SMILES string of the molecule is N[C@H](c1ccc(Cl)o1)C1CCCCC1. The van der Waals surface area contributed by atoms with Crippen LogP contribution in [0.3, 0.4) is 0 Å². The molecule has 0 saturated heterocycles. The van der Waals surface area contributed by atoms with E-state index in [1.54, 1.807) is 6.07 Å². The zero-order chi connectivity index (χ0) is 9.97. The lowest BCUT2D eigenvalue weighted by Gasteiger charge is -2.25. The lowest BCUT2D eigenvalue weighted by atomic mass is 9.83. The molecule has 1 aromatic heterocycles. The van der Waals surface area contributed by atoms with Crippen LogP contribution >= 0.6 is 11.6 Å². The standard InChI is InChI=1S/C11H16ClNO/c12-10-7-6-9(14-10)11(13)8-4-2-1-3-5-8/h6-8,11H,1-5,13H2/t11-/m0/s1. The van der Waals surface area contributed by atoms with Gasteiger partial charge in [0.1, 0.15) is 5.76 Å². The van der Waals surface area contributed by atoms with Crippen molar-refractivity contribution < 1.29 is 4.42 Å². The van der Waals surface area contributed by atoms with Gasteiger partial charge < -0.3 is 10.2 Å². The van der Waals surface area contributed by atoms with E-state index < -0.39 is 0 Å². The summed E-state index contributed by atoms with van der Waals surface area (Å²) in [6.07, 6.45) is 6.39. The van der Waals surface area contributed by atoms with Gasteiger partial charge in [-0.15, -0.1) is 0 Å². The topological polar surface area (TPSA) is 39.2 Å². The van der Waals surface area contributed by atoms with Crippen molar-refractivity contribution in [1.29, 1.82) is 0 Å². The number of halogens is 1. The highest BCUT2D eigenvalue weighted by molar-refractivity contribution is 6.28. The van der Waals surface area contributed by atoms with E-state index in [0.717, 1.165) is 5.76 Å². The molecule has 1 aromatic rings. The molecule has 78 valence electrons. The van der Waals surface area contributed by atoms with Gasteiger partial charge in [-0.1, -0.05) is 19.3 Å². The molecule has 0 aromatic carbocycles. The first kappa shape index (κ1) is 10.1. The molecule has 0 unspecified atom stereocenters. The van der Waals surface area contributed by atoms with Crippen LogP contribution < -0.4 is 5.73 Å². The number of hydrogen-bond acceptors (Lipinski definition) is 2. The van der Waals surface area contributed by atoms with Crippen LogP contribution in [0.15, 0.2) is 16.5 Å². The van der Waals surface area contributed by atoms with Gasteiger partial charge in [0.05, 0.1) is 6.04 Å². The minimum absolute atomic E-state index is 0.0304. The Kier molecular flexibility index (Phi) is 3.14. The van der Waals surface area contributed by atoms with Gasteiger partial charge >= 0.3 is 0 Å². The second-order valence-electron chi connectivity index (χ2n) is 4.07.